The average molecular weight is 196 g/mol. The number of hydrogen-bond donors (Lipinski definition) is 2. The van der Waals surface area contributed by atoms with Gasteiger partial charge in [-0.05, 0) is 6.07 Å². The molecule has 0 bridgehead atoms. The zero-order valence-corrected chi connectivity index (χ0v) is 7.79. The second-order valence-electron chi connectivity index (χ2n) is 3.38. The lowest BCUT2D eigenvalue weighted by Gasteiger charge is -2.13. The van der Waals surface area contributed by atoms with Crippen LogP contribution in [0.1, 0.15) is 17.2 Å². The SMILES string of the molecule is NCC(N)c1ccc(F)c2c1OCC2. The molecule has 1 heterocycles. The van der Waals surface area contributed by atoms with Gasteiger partial charge in [0.15, 0.2) is 0 Å². The molecule has 1 aromatic rings. The predicted molar refractivity (Wildman–Crippen MR) is 51.6 cm³/mol. The molecule has 14 heavy (non-hydrogen) atoms. The highest BCUT2D eigenvalue weighted by Crippen LogP contribution is 2.34. The van der Waals surface area contributed by atoms with E-state index in [1.165, 1.54) is 6.07 Å². The lowest BCUT2D eigenvalue weighted by molar-refractivity contribution is 0.351. The standard InChI is InChI=1S/C10H13FN2O/c11-8-2-1-7(9(13)5-12)10-6(8)3-4-14-10/h1-2,9H,3-5,12-13H2. The van der Waals surface area contributed by atoms with E-state index in [1.54, 1.807) is 6.07 Å². The first-order valence-electron chi connectivity index (χ1n) is 4.63. The summed E-state index contributed by atoms with van der Waals surface area (Å²) in [5.41, 5.74) is 12.7. The molecule has 1 atom stereocenters. The first-order valence-corrected chi connectivity index (χ1v) is 4.63. The molecular formula is C10H13FN2O. The third kappa shape index (κ3) is 1.36. The number of ether oxygens (including phenoxy) is 1. The first-order chi connectivity index (χ1) is 6.74. The number of hydrogen-bond acceptors (Lipinski definition) is 3. The smallest absolute Gasteiger partial charge is 0.130 e. The van der Waals surface area contributed by atoms with Crippen LogP contribution in [-0.2, 0) is 6.42 Å². The normalized spacial score (nSPS) is 16.2. The van der Waals surface area contributed by atoms with Crippen LogP contribution in [0.3, 0.4) is 0 Å². The molecule has 4 N–H and O–H groups in total. The third-order valence-corrected chi connectivity index (χ3v) is 2.49. The Balaban J connectivity index is 2.48. The van der Waals surface area contributed by atoms with Gasteiger partial charge in [-0.25, -0.2) is 4.39 Å². The lowest BCUT2D eigenvalue weighted by atomic mass is 10.0. The number of rotatable bonds is 2. The van der Waals surface area contributed by atoms with Gasteiger partial charge in [0.05, 0.1) is 6.61 Å². The molecule has 4 heteroatoms. The van der Waals surface area contributed by atoms with Gasteiger partial charge in [-0.3, -0.25) is 0 Å². The Bertz CT molecular complexity index is 354. The minimum absolute atomic E-state index is 0.217. The first kappa shape index (κ1) is 9.43. The van der Waals surface area contributed by atoms with Crippen LogP contribution in [0.2, 0.25) is 0 Å². The molecule has 0 spiro atoms. The van der Waals surface area contributed by atoms with E-state index in [2.05, 4.69) is 0 Å². The van der Waals surface area contributed by atoms with E-state index in [1.807, 2.05) is 0 Å². The average Bonchev–Trinajstić information content (AvgIpc) is 2.67. The van der Waals surface area contributed by atoms with Gasteiger partial charge in [-0.15, -0.1) is 0 Å². The fourth-order valence-electron chi connectivity index (χ4n) is 1.70. The Labute approximate surface area is 81.8 Å². The van der Waals surface area contributed by atoms with Crippen LogP contribution < -0.4 is 16.2 Å². The van der Waals surface area contributed by atoms with Crippen molar-refractivity contribution in [3.05, 3.63) is 29.1 Å². The third-order valence-electron chi connectivity index (χ3n) is 2.49. The minimum Gasteiger partial charge on any atom is -0.492 e. The van der Waals surface area contributed by atoms with Crippen LogP contribution in [-0.4, -0.2) is 13.2 Å². The van der Waals surface area contributed by atoms with Gasteiger partial charge in [0.25, 0.3) is 0 Å². The van der Waals surface area contributed by atoms with E-state index < -0.39 is 0 Å². The topological polar surface area (TPSA) is 61.3 Å². The van der Waals surface area contributed by atoms with Gasteiger partial charge in [0.1, 0.15) is 11.6 Å². The predicted octanol–water partition coefficient (Wildman–Crippen LogP) is 0.719. The summed E-state index contributed by atoms with van der Waals surface area (Å²) < 4.78 is 18.6. The maximum Gasteiger partial charge on any atom is 0.130 e. The molecule has 0 saturated heterocycles. The minimum atomic E-state index is -0.276. The molecule has 2 rings (SSSR count). The molecule has 0 aromatic heterocycles. The fraction of sp³-hybridized carbons (Fsp3) is 0.400. The summed E-state index contributed by atoms with van der Waals surface area (Å²) in [5, 5.41) is 0. The monoisotopic (exact) mass is 196 g/mol. The van der Waals surface area contributed by atoms with E-state index in [9.17, 15) is 4.39 Å². The second-order valence-corrected chi connectivity index (χ2v) is 3.38. The molecule has 1 unspecified atom stereocenters. The van der Waals surface area contributed by atoms with Crippen molar-refractivity contribution in [2.45, 2.75) is 12.5 Å². The molecule has 0 aliphatic carbocycles. The zero-order valence-electron chi connectivity index (χ0n) is 7.79. The van der Waals surface area contributed by atoms with Crippen molar-refractivity contribution in [1.29, 1.82) is 0 Å². The van der Waals surface area contributed by atoms with Crippen molar-refractivity contribution in [3.63, 3.8) is 0 Å². The van der Waals surface area contributed by atoms with E-state index in [0.717, 1.165) is 5.56 Å². The van der Waals surface area contributed by atoms with E-state index in [0.29, 0.717) is 30.9 Å². The van der Waals surface area contributed by atoms with Gasteiger partial charge < -0.3 is 16.2 Å². The van der Waals surface area contributed by atoms with Crippen molar-refractivity contribution in [2.24, 2.45) is 11.5 Å². The number of nitrogens with two attached hydrogens (primary N) is 2. The van der Waals surface area contributed by atoms with Crippen LogP contribution in [0, 0.1) is 5.82 Å². The van der Waals surface area contributed by atoms with E-state index in [4.69, 9.17) is 16.2 Å². The summed E-state index contributed by atoms with van der Waals surface area (Å²) in [7, 11) is 0. The summed E-state index contributed by atoms with van der Waals surface area (Å²) in [6.07, 6.45) is 0.617. The van der Waals surface area contributed by atoms with Crippen molar-refractivity contribution < 1.29 is 9.13 Å². The van der Waals surface area contributed by atoms with Crippen molar-refractivity contribution >= 4 is 0 Å². The molecule has 0 saturated carbocycles. The summed E-state index contributed by atoms with van der Waals surface area (Å²) in [6, 6.07) is 2.80. The lowest BCUT2D eigenvalue weighted by Crippen LogP contribution is -2.21. The summed E-state index contributed by atoms with van der Waals surface area (Å²) >= 11 is 0. The molecule has 3 nitrogen and oxygen atoms in total. The van der Waals surface area contributed by atoms with Crippen molar-refractivity contribution in [2.75, 3.05) is 13.2 Å². The molecule has 1 aromatic carbocycles. The van der Waals surface area contributed by atoms with E-state index >= 15 is 0 Å². The van der Waals surface area contributed by atoms with Gasteiger partial charge in [0.2, 0.25) is 0 Å². The molecule has 0 fully saturated rings. The summed E-state index contributed by atoms with van der Waals surface area (Å²) in [4.78, 5) is 0. The second kappa shape index (κ2) is 3.55. The van der Waals surface area contributed by atoms with Gasteiger partial charge >= 0.3 is 0 Å². The van der Waals surface area contributed by atoms with Gasteiger partial charge in [0, 0.05) is 30.1 Å². The quantitative estimate of drug-likeness (QED) is 0.732. The Kier molecular flexibility index (Phi) is 2.39. The van der Waals surface area contributed by atoms with Crippen LogP contribution in [0.5, 0.6) is 5.75 Å². The molecule has 0 amide bonds. The maximum atomic E-state index is 13.3. The largest absolute Gasteiger partial charge is 0.492 e. The maximum absolute atomic E-state index is 13.3. The van der Waals surface area contributed by atoms with Crippen molar-refractivity contribution in [1.82, 2.24) is 0 Å². The number of fused-ring (bicyclic) bond motifs is 1. The molecule has 1 aliphatic rings. The number of benzene rings is 1. The molecule has 76 valence electrons. The molecule has 0 radical (unpaired) electrons. The van der Waals surface area contributed by atoms with Gasteiger partial charge in [-0.2, -0.15) is 0 Å². The number of halogens is 1. The molecule has 1 aliphatic heterocycles. The summed E-state index contributed by atoms with van der Waals surface area (Å²) in [5.74, 6) is 0.383. The highest BCUT2D eigenvalue weighted by Gasteiger charge is 2.22. The van der Waals surface area contributed by atoms with E-state index in [-0.39, 0.29) is 11.9 Å². The Hall–Kier alpha value is -1.13. The fourth-order valence-corrected chi connectivity index (χ4v) is 1.70. The highest BCUT2D eigenvalue weighted by molar-refractivity contribution is 5.46. The summed E-state index contributed by atoms with van der Waals surface area (Å²) in [6.45, 7) is 0.863. The van der Waals surface area contributed by atoms with Crippen LogP contribution in [0.4, 0.5) is 4.39 Å². The van der Waals surface area contributed by atoms with Crippen LogP contribution in [0.15, 0.2) is 12.1 Å². The Morgan fingerprint density at radius 2 is 2.29 bits per heavy atom. The van der Waals surface area contributed by atoms with Gasteiger partial charge in [-0.1, -0.05) is 6.07 Å². The highest BCUT2D eigenvalue weighted by atomic mass is 19.1. The Morgan fingerprint density at radius 1 is 1.50 bits per heavy atom. The van der Waals surface area contributed by atoms with Crippen LogP contribution >= 0.6 is 0 Å². The Morgan fingerprint density at radius 3 is 3.00 bits per heavy atom. The zero-order chi connectivity index (χ0) is 10.1. The van der Waals surface area contributed by atoms with Crippen LogP contribution in [0.25, 0.3) is 0 Å². The molecular weight excluding hydrogens is 183 g/mol. The van der Waals surface area contributed by atoms with Crippen molar-refractivity contribution in [3.8, 4) is 5.75 Å².